The SMILES string of the molecule is CCC1CCC(C#CC2CCC(OC(=O)C3CCCCC3)C(C)C2)CC1. The van der Waals surface area contributed by atoms with Crippen molar-refractivity contribution in [3.05, 3.63) is 0 Å². The minimum atomic E-state index is 0.0822. The van der Waals surface area contributed by atoms with Crippen LogP contribution in [-0.4, -0.2) is 12.1 Å². The predicted molar refractivity (Wildman–Crippen MR) is 106 cm³/mol. The number of hydrogen-bond acceptors (Lipinski definition) is 2. The fraction of sp³-hybridized carbons (Fsp3) is 0.875. The molecule has 0 aromatic heterocycles. The Morgan fingerprint density at radius 3 is 2.19 bits per heavy atom. The summed E-state index contributed by atoms with van der Waals surface area (Å²) in [6, 6.07) is 0. The van der Waals surface area contributed by atoms with Crippen LogP contribution in [0, 0.1) is 41.4 Å². The molecule has 0 heterocycles. The summed E-state index contributed by atoms with van der Waals surface area (Å²) in [6.07, 6.45) is 15.7. The van der Waals surface area contributed by atoms with Crippen molar-refractivity contribution in [3.8, 4) is 11.8 Å². The Kier molecular flexibility index (Phi) is 7.47. The van der Waals surface area contributed by atoms with Gasteiger partial charge in [0.25, 0.3) is 0 Å². The van der Waals surface area contributed by atoms with E-state index in [9.17, 15) is 4.79 Å². The first kappa shape index (κ1) is 19.8. The molecule has 3 saturated carbocycles. The molecule has 0 radical (unpaired) electrons. The monoisotopic (exact) mass is 358 g/mol. The van der Waals surface area contributed by atoms with Crippen molar-refractivity contribution in [3.63, 3.8) is 0 Å². The number of hydrogen-bond donors (Lipinski definition) is 0. The third kappa shape index (κ3) is 5.51. The second kappa shape index (κ2) is 9.82. The molecule has 0 bridgehead atoms. The van der Waals surface area contributed by atoms with E-state index < -0.39 is 0 Å². The van der Waals surface area contributed by atoms with E-state index in [1.807, 2.05) is 0 Å². The molecule has 0 N–H and O–H groups in total. The molecule has 0 aliphatic heterocycles. The van der Waals surface area contributed by atoms with Crippen LogP contribution in [-0.2, 0) is 9.53 Å². The van der Waals surface area contributed by atoms with E-state index in [-0.39, 0.29) is 18.0 Å². The maximum Gasteiger partial charge on any atom is 0.309 e. The van der Waals surface area contributed by atoms with E-state index in [0.717, 1.165) is 38.0 Å². The number of esters is 1. The lowest BCUT2D eigenvalue weighted by atomic mass is 9.78. The lowest BCUT2D eigenvalue weighted by molar-refractivity contribution is -0.159. The van der Waals surface area contributed by atoms with Gasteiger partial charge in [-0.3, -0.25) is 4.79 Å². The largest absolute Gasteiger partial charge is 0.462 e. The van der Waals surface area contributed by atoms with E-state index in [0.29, 0.717) is 17.8 Å². The molecule has 0 aromatic carbocycles. The van der Waals surface area contributed by atoms with E-state index in [1.165, 1.54) is 51.4 Å². The van der Waals surface area contributed by atoms with Gasteiger partial charge in [-0.1, -0.05) is 51.4 Å². The molecule has 3 fully saturated rings. The van der Waals surface area contributed by atoms with Crippen molar-refractivity contribution in [2.45, 2.75) is 103 Å². The summed E-state index contributed by atoms with van der Waals surface area (Å²) in [5.74, 6) is 10.0. The molecular formula is C24H38O2. The highest BCUT2D eigenvalue weighted by Gasteiger charge is 2.32. The van der Waals surface area contributed by atoms with Crippen LogP contribution in [0.2, 0.25) is 0 Å². The molecule has 2 nitrogen and oxygen atoms in total. The summed E-state index contributed by atoms with van der Waals surface area (Å²) < 4.78 is 5.92. The van der Waals surface area contributed by atoms with Crippen molar-refractivity contribution >= 4 is 5.97 Å². The second-order valence-electron chi connectivity index (χ2n) is 9.21. The summed E-state index contributed by atoms with van der Waals surface area (Å²) in [7, 11) is 0. The zero-order valence-electron chi connectivity index (χ0n) is 17.0. The molecule has 146 valence electrons. The standard InChI is InChI=1S/C24H38O2/c1-3-19-9-11-20(12-10-19)13-14-21-15-16-23(18(2)17-21)26-24(25)22-7-5-4-6-8-22/h18-23H,3-12,15-17H2,1-2H3. The van der Waals surface area contributed by atoms with Gasteiger partial charge in [0.15, 0.2) is 0 Å². The van der Waals surface area contributed by atoms with Gasteiger partial charge in [-0.15, -0.1) is 0 Å². The molecule has 3 atom stereocenters. The highest BCUT2D eigenvalue weighted by Crippen LogP contribution is 2.34. The minimum absolute atomic E-state index is 0.0822. The normalized spacial score (nSPS) is 36.0. The van der Waals surface area contributed by atoms with Gasteiger partial charge < -0.3 is 4.74 Å². The summed E-state index contributed by atoms with van der Waals surface area (Å²) in [4.78, 5) is 12.4. The maximum atomic E-state index is 12.4. The average Bonchev–Trinajstić information content (AvgIpc) is 2.69. The highest BCUT2D eigenvalue weighted by atomic mass is 16.5. The number of ether oxygens (including phenoxy) is 1. The highest BCUT2D eigenvalue weighted by molar-refractivity contribution is 5.72. The minimum Gasteiger partial charge on any atom is -0.462 e. The molecular weight excluding hydrogens is 320 g/mol. The van der Waals surface area contributed by atoms with Crippen molar-refractivity contribution in [2.75, 3.05) is 0 Å². The summed E-state index contributed by atoms with van der Waals surface area (Å²) in [5, 5.41) is 0. The molecule has 0 amide bonds. The zero-order chi connectivity index (χ0) is 18.4. The third-order valence-corrected chi connectivity index (χ3v) is 7.21. The fourth-order valence-corrected chi connectivity index (χ4v) is 5.21. The van der Waals surface area contributed by atoms with Crippen molar-refractivity contribution in [1.29, 1.82) is 0 Å². The smallest absolute Gasteiger partial charge is 0.309 e. The van der Waals surface area contributed by atoms with E-state index in [2.05, 4.69) is 25.7 Å². The molecule has 3 rings (SSSR count). The van der Waals surface area contributed by atoms with Gasteiger partial charge in [0.05, 0.1) is 5.92 Å². The lowest BCUT2D eigenvalue weighted by Gasteiger charge is -2.33. The van der Waals surface area contributed by atoms with Crippen LogP contribution in [0.15, 0.2) is 0 Å². The lowest BCUT2D eigenvalue weighted by Crippen LogP contribution is -2.34. The molecule has 3 unspecified atom stereocenters. The number of rotatable bonds is 3. The number of carbonyl (C=O) groups is 1. The Hall–Kier alpha value is -0.970. The maximum absolute atomic E-state index is 12.4. The van der Waals surface area contributed by atoms with Gasteiger partial charge in [0, 0.05) is 11.8 Å². The molecule has 26 heavy (non-hydrogen) atoms. The Labute approximate surface area is 160 Å². The van der Waals surface area contributed by atoms with Crippen LogP contribution in [0.25, 0.3) is 0 Å². The molecule has 2 heteroatoms. The van der Waals surface area contributed by atoms with E-state index >= 15 is 0 Å². The fourth-order valence-electron chi connectivity index (χ4n) is 5.21. The average molecular weight is 359 g/mol. The predicted octanol–water partition coefficient (Wildman–Crippen LogP) is 6.13. The van der Waals surface area contributed by atoms with Crippen LogP contribution in [0.4, 0.5) is 0 Å². The number of carbonyl (C=O) groups excluding carboxylic acids is 1. The topological polar surface area (TPSA) is 26.3 Å². The molecule has 3 aliphatic carbocycles. The van der Waals surface area contributed by atoms with Crippen molar-refractivity contribution < 1.29 is 9.53 Å². The first-order chi connectivity index (χ1) is 12.7. The summed E-state index contributed by atoms with van der Waals surface area (Å²) >= 11 is 0. The molecule has 0 spiro atoms. The summed E-state index contributed by atoms with van der Waals surface area (Å²) in [6.45, 7) is 4.57. The Balaban J connectivity index is 1.42. The Bertz CT molecular complexity index is 500. The van der Waals surface area contributed by atoms with Crippen molar-refractivity contribution in [1.82, 2.24) is 0 Å². The van der Waals surface area contributed by atoms with Crippen LogP contribution >= 0.6 is 0 Å². The van der Waals surface area contributed by atoms with Crippen molar-refractivity contribution in [2.24, 2.45) is 29.6 Å². The molecule has 0 aromatic rings. The van der Waals surface area contributed by atoms with E-state index in [4.69, 9.17) is 4.74 Å². The van der Waals surface area contributed by atoms with Crippen LogP contribution < -0.4 is 0 Å². The quantitative estimate of drug-likeness (QED) is 0.448. The second-order valence-corrected chi connectivity index (χ2v) is 9.21. The summed E-state index contributed by atoms with van der Waals surface area (Å²) in [5.41, 5.74) is 0. The van der Waals surface area contributed by atoms with Gasteiger partial charge in [0.1, 0.15) is 6.10 Å². The Morgan fingerprint density at radius 1 is 0.885 bits per heavy atom. The van der Waals surface area contributed by atoms with Crippen LogP contribution in [0.1, 0.15) is 97.3 Å². The first-order valence-corrected chi connectivity index (χ1v) is 11.4. The van der Waals surface area contributed by atoms with Gasteiger partial charge in [-0.05, 0) is 69.6 Å². The van der Waals surface area contributed by atoms with Gasteiger partial charge in [-0.2, -0.15) is 0 Å². The third-order valence-electron chi connectivity index (χ3n) is 7.21. The molecule has 3 aliphatic rings. The van der Waals surface area contributed by atoms with Crippen LogP contribution in [0.3, 0.4) is 0 Å². The molecule has 0 saturated heterocycles. The van der Waals surface area contributed by atoms with Crippen LogP contribution in [0.5, 0.6) is 0 Å². The first-order valence-electron chi connectivity index (χ1n) is 11.4. The zero-order valence-corrected chi connectivity index (χ0v) is 17.0. The Morgan fingerprint density at radius 2 is 1.54 bits per heavy atom. The van der Waals surface area contributed by atoms with Gasteiger partial charge >= 0.3 is 5.97 Å². The van der Waals surface area contributed by atoms with E-state index in [1.54, 1.807) is 0 Å². The van der Waals surface area contributed by atoms with Gasteiger partial charge in [0.2, 0.25) is 0 Å². The van der Waals surface area contributed by atoms with Gasteiger partial charge in [-0.25, -0.2) is 0 Å².